The Kier molecular flexibility index (Phi) is 6.22. The van der Waals surface area contributed by atoms with Crippen LogP contribution in [0.1, 0.15) is 65.3 Å². The lowest BCUT2D eigenvalue weighted by Gasteiger charge is -2.40. The fourth-order valence-electron chi connectivity index (χ4n) is 5.48. The molecule has 1 aromatic heterocycles. The van der Waals surface area contributed by atoms with Gasteiger partial charge in [0.2, 0.25) is 0 Å². The van der Waals surface area contributed by atoms with Crippen LogP contribution in [0.15, 0.2) is 21.4 Å². The molecular weight excluding hydrogens is 516 g/mol. The van der Waals surface area contributed by atoms with Gasteiger partial charge in [0.25, 0.3) is 17.3 Å². The lowest BCUT2D eigenvalue weighted by Crippen LogP contribution is -2.48. The Hall–Kier alpha value is -2.36. The highest BCUT2D eigenvalue weighted by molar-refractivity contribution is 9.10. The van der Waals surface area contributed by atoms with E-state index in [1.54, 1.807) is 6.07 Å². The van der Waals surface area contributed by atoms with E-state index >= 15 is 0 Å². The molecule has 1 unspecified atom stereocenters. The number of benzene rings is 1. The lowest BCUT2D eigenvalue weighted by atomic mass is 9.80. The zero-order valence-electron chi connectivity index (χ0n) is 20.5. The molecule has 2 N–H and O–H groups in total. The Morgan fingerprint density at radius 3 is 2.43 bits per heavy atom. The van der Waals surface area contributed by atoms with Gasteiger partial charge in [-0.15, -0.1) is 0 Å². The number of aromatic amines is 1. The number of nitrogens with one attached hydrogen (secondary N) is 2. The van der Waals surface area contributed by atoms with Crippen molar-refractivity contribution in [1.82, 2.24) is 10.3 Å². The fourth-order valence-corrected chi connectivity index (χ4v) is 5.97. The van der Waals surface area contributed by atoms with Gasteiger partial charge in [-0.1, -0.05) is 0 Å². The number of ether oxygens (including phenoxy) is 4. The van der Waals surface area contributed by atoms with Crippen molar-refractivity contribution >= 4 is 21.8 Å². The molecule has 188 valence electrons. The van der Waals surface area contributed by atoms with E-state index in [2.05, 4.69) is 26.2 Å². The molecule has 35 heavy (non-hydrogen) atoms. The number of hydrogen-bond acceptors (Lipinski definition) is 6. The molecule has 0 bridgehead atoms. The Morgan fingerprint density at radius 1 is 1.11 bits per heavy atom. The van der Waals surface area contributed by atoms with Gasteiger partial charge in [0.15, 0.2) is 17.3 Å². The number of aromatic nitrogens is 1. The topological polar surface area (TPSA) is 98.9 Å². The van der Waals surface area contributed by atoms with Crippen molar-refractivity contribution in [2.24, 2.45) is 5.92 Å². The summed E-state index contributed by atoms with van der Waals surface area (Å²) in [4.78, 5) is 28.2. The second-order valence-electron chi connectivity index (χ2n) is 9.92. The Morgan fingerprint density at radius 2 is 1.77 bits per heavy atom. The van der Waals surface area contributed by atoms with Crippen LogP contribution >= 0.6 is 15.9 Å². The summed E-state index contributed by atoms with van der Waals surface area (Å²) in [6, 6.07) is 3.64. The van der Waals surface area contributed by atoms with Crippen molar-refractivity contribution in [2.45, 2.75) is 71.5 Å². The summed E-state index contributed by atoms with van der Waals surface area (Å²) in [5.74, 6) is -0.216. The van der Waals surface area contributed by atoms with Gasteiger partial charge in [0.05, 0.1) is 17.7 Å². The maximum absolute atomic E-state index is 13.1. The van der Waals surface area contributed by atoms with Crippen LogP contribution < -0.4 is 20.3 Å². The Bertz CT molecular complexity index is 1230. The monoisotopic (exact) mass is 546 g/mol. The van der Waals surface area contributed by atoms with Crippen LogP contribution in [0.25, 0.3) is 0 Å². The maximum atomic E-state index is 13.1. The number of H-pyrrole nitrogens is 1. The van der Waals surface area contributed by atoms with Crippen LogP contribution in [0.4, 0.5) is 0 Å². The van der Waals surface area contributed by atoms with Crippen molar-refractivity contribution in [3.05, 3.63) is 54.9 Å². The van der Waals surface area contributed by atoms with Gasteiger partial charge in [-0.05, 0) is 67.2 Å². The van der Waals surface area contributed by atoms with Crippen LogP contribution in [0.2, 0.25) is 0 Å². The van der Waals surface area contributed by atoms with Crippen molar-refractivity contribution in [3.8, 4) is 11.5 Å². The van der Waals surface area contributed by atoms with Crippen LogP contribution in [0.3, 0.4) is 0 Å². The summed E-state index contributed by atoms with van der Waals surface area (Å²) in [5.41, 5.74) is 3.16. The molecule has 9 heteroatoms. The average molecular weight is 547 g/mol. The molecule has 5 rings (SSSR count). The normalized spacial score (nSPS) is 23.1. The van der Waals surface area contributed by atoms with Crippen molar-refractivity contribution in [2.75, 3.05) is 13.2 Å². The number of halogens is 1. The molecule has 1 aromatic carbocycles. The fraction of sp³-hybridized carbons (Fsp3) is 0.538. The number of pyridine rings is 1. The summed E-state index contributed by atoms with van der Waals surface area (Å²) < 4.78 is 25.2. The third kappa shape index (κ3) is 4.38. The summed E-state index contributed by atoms with van der Waals surface area (Å²) in [7, 11) is 0. The van der Waals surface area contributed by atoms with Crippen LogP contribution in [-0.4, -0.2) is 35.7 Å². The number of carbonyl (C=O) groups is 1. The van der Waals surface area contributed by atoms with Crippen molar-refractivity contribution in [3.63, 3.8) is 0 Å². The first-order valence-corrected chi connectivity index (χ1v) is 12.9. The van der Waals surface area contributed by atoms with Gasteiger partial charge >= 0.3 is 0 Å². The number of fused-ring (bicyclic) bond motifs is 1. The van der Waals surface area contributed by atoms with E-state index < -0.39 is 11.6 Å². The molecule has 1 atom stereocenters. The molecule has 8 nitrogen and oxygen atoms in total. The second-order valence-corrected chi connectivity index (χ2v) is 10.8. The van der Waals surface area contributed by atoms with Crippen LogP contribution in [0.5, 0.6) is 11.5 Å². The first kappa shape index (κ1) is 24.3. The average Bonchev–Trinajstić information content (AvgIpc) is 3.41. The molecule has 1 amide bonds. The van der Waals surface area contributed by atoms with E-state index in [-0.39, 0.29) is 23.9 Å². The van der Waals surface area contributed by atoms with E-state index in [9.17, 15) is 9.59 Å². The molecule has 3 aliphatic rings. The number of aryl methyl sites for hydroxylation is 2. The Balaban J connectivity index is 1.32. The minimum absolute atomic E-state index is 0.136. The number of amides is 1. The predicted octanol–water partition coefficient (Wildman–Crippen LogP) is 4.41. The predicted molar refractivity (Wildman–Crippen MR) is 133 cm³/mol. The first-order chi connectivity index (χ1) is 16.6. The highest BCUT2D eigenvalue weighted by Crippen LogP contribution is 2.52. The summed E-state index contributed by atoms with van der Waals surface area (Å²) in [6.07, 6.45) is 3.33. The quantitative estimate of drug-likeness (QED) is 0.589. The minimum atomic E-state index is -0.836. The van der Waals surface area contributed by atoms with E-state index in [0.717, 1.165) is 36.9 Å². The van der Waals surface area contributed by atoms with Gasteiger partial charge in [-0.3, -0.25) is 9.59 Å². The van der Waals surface area contributed by atoms with Crippen LogP contribution in [-0.2, 0) is 16.0 Å². The van der Waals surface area contributed by atoms with Crippen molar-refractivity contribution in [1.29, 1.82) is 0 Å². The molecule has 1 saturated heterocycles. The molecule has 3 heterocycles. The highest BCUT2D eigenvalue weighted by atomic mass is 79.9. The van der Waals surface area contributed by atoms with E-state index in [4.69, 9.17) is 18.9 Å². The van der Waals surface area contributed by atoms with Crippen molar-refractivity contribution < 1.29 is 23.7 Å². The van der Waals surface area contributed by atoms with Crippen LogP contribution in [0, 0.1) is 26.7 Å². The number of hydrogen-bond donors (Lipinski definition) is 2. The van der Waals surface area contributed by atoms with Gasteiger partial charge in [-0.25, -0.2) is 0 Å². The summed E-state index contributed by atoms with van der Waals surface area (Å²) in [5, 5.41) is 2.88. The molecule has 1 spiro atoms. The van der Waals surface area contributed by atoms with E-state index in [1.807, 2.05) is 33.8 Å². The van der Waals surface area contributed by atoms with Gasteiger partial charge < -0.3 is 29.2 Å². The Labute approximate surface area is 212 Å². The molecule has 2 fully saturated rings. The summed E-state index contributed by atoms with van der Waals surface area (Å²) >= 11 is 3.57. The lowest BCUT2D eigenvalue weighted by molar-refractivity contribution is -0.205. The largest absolute Gasteiger partial charge is 0.448 e. The van der Waals surface area contributed by atoms with E-state index in [1.165, 1.54) is 0 Å². The van der Waals surface area contributed by atoms with Gasteiger partial charge in [0, 0.05) is 54.6 Å². The van der Waals surface area contributed by atoms with E-state index in [0.29, 0.717) is 45.9 Å². The molecule has 1 saturated carbocycles. The second kappa shape index (κ2) is 8.94. The smallest absolute Gasteiger partial charge is 0.253 e. The zero-order chi connectivity index (χ0) is 25.0. The molecule has 0 radical (unpaired) electrons. The molecule has 1 aliphatic carbocycles. The first-order valence-electron chi connectivity index (χ1n) is 12.1. The van der Waals surface area contributed by atoms with Gasteiger partial charge in [0.1, 0.15) is 0 Å². The zero-order valence-corrected chi connectivity index (χ0v) is 22.1. The molecular formula is C26H31BrN2O6. The third-order valence-electron chi connectivity index (χ3n) is 7.51. The number of rotatable bonds is 4. The minimum Gasteiger partial charge on any atom is -0.448 e. The maximum Gasteiger partial charge on any atom is 0.253 e. The summed E-state index contributed by atoms with van der Waals surface area (Å²) in [6.45, 7) is 8.95. The SMILES string of the molecule is Cc1cc(C)c(CNC(=O)c2cc(Br)c3c(c2C)OC(C)(C2CCC4(CC2)OCCO4)O3)c(=O)[nH]1. The standard InChI is InChI=1S/C26H31BrN2O6/c1-14-11-15(2)29-24(31)19(14)13-28-23(30)18-12-20(27)22-21(16(18)3)34-25(4,35-22)17-5-7-26(8-6-17)32-9-10-33-26/h11-12,17H,5-10,13H2,1-4H3,(H,28,30)(H,29,31). The third-order valence-corrected chi connectivity index (χ3v) is 8.10. The number of carbonyl (C=O) groups excluding carboxylic acids is 1. The molecule has 2 aliphatic heterocycles. The highest BCUT2D eigenvalue weighted by Gasteiger charge is 2.51. The van der Waals surface area contributed by atoms with Gasteiger partial charge in [-0.2, -0.15) is 0 Å². The molecule has 2 aromatic rings.